The molecule has 0 bridgehead atoms. The van der Waals surface area contributed by atoms with Crippen molar-refractivity contribution in [2.75, 3.05) is 0 Å². The van der Waals surface area contributed by atoms with Gasteiger partial charge in [-0.3, -0.25) is 0 Å². The molecule has 0 fully saturated rings. The molecule has 0 aromatic heterocycles. The highest BCUT2D eigenvalue weighted by Gasteiger charge is 2.25. The summed E-state index contributed by atoms with van der Waals surface area (Å²) in [5, 5.41) is 0. The smallest absolute Gasteiger partial charge is 0.196 e. The summed E-state index contributed by atoms with van der Waals surface area (Å²) in [6.45, 7) is 3.77. The van der Waals surface area contributed by atoms with Crippen LogP contribution in [-0.4, -0.2) is 11.6 Å². The first-order valence-electron chi connectivity index (χ1n) is 4.22. The van der Waals surface area contributed by atoms with Gasteiger partial charge in [-0.25, -0.2) is 4.99 Å². The Hall–Kier alpha value is -1.51. The molecule has 0 saturated carbocycles. The Balaban J connectivity index is 2.55. The summed E-state index contributed by atoms with van der Waals surface area (Å²) in [6, 6.07) is 7.65. The summed E-state index contributed by atoms with van der Waals surface area (Å²) in [5.74, 6) is 1.35. The van der Waals surface area contributed by atoms with Gasteiger partial charge >= 0.3 is 0 Å². The third-order valence-electron chi connectivity index (χ3n) is 1.91. The van der Waals surface area contributed by atoms with Crippen LogP contribution in [0.1, 0.15) is 19.4 Å². The average molecular weight is 176 g/mol. The van der Waals surface area contributed by atoms with E-state index < -0.39 is 5.72 Å². The van der Waals surface area contributed by atoms with Crippen molar-refractivity contribution in [1.82, 2.24) is 0 Å². The van der Waals surface area contributed by atoms with E-state index in [0.717, 1.165) is 11.3 Å². The Morgan fingerprint density at radius 2 is 2.00 bits per heavy atom. The van der Waals surface area contributed by atoms with Gasteiger partial charge in [0.1, 0.15) is 11.6 Å². The van der Waals surface area contributed by atoms with Gasteiger partial charge in [0.25, 0.3) is 0 Å². The third kappa shape index (κ3) is 1.37. The molecule has 2 N–H and O–H groups in total. The molecule has 1 aromatic rings. The molecule has 0 spiro atoms. The maximum Gasteiger partial charge on any atom is 0.196 e. The molecular weight excluding hydrogens is 164 g/mol. The Morgan fingerprint density at radius 3 is 2.77 bits per heavy atom. The van der Waals surface area contributed by atoms with Crippen LogP contribution in [0.4, 0.5) is 0 Å². The largest absolute Gasteiger partial charge is 0.466 e. The van der Waals surface area contributed by atoms with Gasteiger partial charge in [0.2, 0.25) is 0 Å². The van der Waals surface area contributed by atoms with Crippen LogP contribution in [0.2, 0.25) is 0 Å². The molecule has 1 aromatic carbocycles. The molecule has 0 aliphatic carbocycles. The number of nitrogens with two attached hydrogens (primary N) is 1. The van der Waals surface area contributed by atoms with Gasteiger partial charge in [-0.15, -0.1) is 0 Å². The predicted molar refractivity (Wildman–Crippen MR) is 51.9 cm³/mol. The van der Waals surface area contributed by atoms with Crippen LogP contribution >= 0.6 is 0 Å². The van der Waals surface area contributed by atoms with Gasteiger partial charge < -0.3 is 10.5 Å². The Bertz CT molecular complexity index is 369. The van der Waals surface area contributed by atoms with Crippen molar-refractivity contribution >= 4 is 5.84 Å². The first kappa shape index (κ1) is 8.10. The summed E-state index contributed by atoms with van der Waals surface area (Å²) < 4.78 is 5.62. The van der Waals surface area contributed by atoms with E-state index in [9.17, 15) is 0 Å². The summed E-state index contributed by atoms with van der Waals surface area (Å²) >= 11 is 0. The number of amidine groups is 1. The van der Waals surface area contributed by atoms with Gasteiger partial charge in [-0.1, -0.05) is 12.1 Å². The van der Waals surface area contributed by atoms with E-state index in [2.05, 4.69) is 4.99 Å². The second kappa shape index (κ2) is 2.49. The van der Waals surface area contributed by atoms with E-state index >= 15 is 0 Å². The Labute approximate surface area is 77.2 Å². The van der Waals surface area contributed by atoms with Crippen molar-refractivity contribution in [3.8, 4) is 5.75 Å². The maximum absolute atomic E-state index is 5.79. The first-order valence-corrected chi connectivity index (χ1v) is 4.22. The molecule has 1 aliphatic rings. The normalized spacial score (nSPS) is 18.5. The van der Waals surface area contributed by atoms with E-state index in [1.807, 2.05) is 38.1 Å². The van der Waals surface area contributed by atoms with Gasteiger partial charge in [0.05, 0.1) is 5.56 Å². The molecule has 1 heterocycles. The quantitative estimate of drug-likeness (QED) is 0.651. The number of ether oxygens (including phenoxy) is 1. The number of hydrogen-bond donors (Lipinski definition) is 1. The van der Waals surface area contributed by atoms with Crippen LogP contribution in [0.25, 0.3) is 0 Å². The molecule has 3 heteroatoms. The lowest BCUT2D eigenvalue weighted by atomic mass is 10.1. The third-order valence-corrected chi connectivity index (χ3v) is 1.91. The minimum absolute atomic E-state index is 0.543. The lowest BCUT2D eigenvalue weighted by molar-refractivity contribution is 0.115. The van der Waals surface area contributed by atoms with Gasteiger partial charge in [-0.05, 0) is 26.0 Å². The fourth-order valence-corrected chi connectivity index (χ4v) is 1.41. The molecule has 68 valence electrons. The molecule has 1 aliphatic heterocycles. The van der Waals surface area contributed by atoms with Crippen molar-refractivity contribution in [1.29, 1.82) is 0 Å². The summed E-state index contributed by atoms with van der Waals surface area (Å²) in [7, 11) is 0. The lowest BCUT2D eigenvalue weighted by Gasteiger charge is -2.28. The molecule has 2 rings (SSSR count). The molecule has 0 amide bonds. The zero-order valence-electron chi connectivity index (χ0n) is 7.74. The van der Waals surface area contributed by atoms with Crippen molar-refractivity contribution in [3.05, 3.63) is 29.8 Å². The zero-order chi connectivity index (χ0) is 9.47. The molecule has 0 unspecified atom stereocenters. The van der Waals surface area contributed by atoms with Gasteiger partial charge in [0.15, 0.2) is 5.72 Å². The molecule has 0 radical (unpaired) electrons. The number of aliphatic imine (C=N–C) groups is 1. The van der Waals surface area contributed by atoms with E-state index in [1.165, 1.54) is 0 Å². The number of nitrogens with zero attached hydrogens (tertiary/aromatic N) is 1. The van der Waals surface area contributed by atoms with Gasteiger partial charge in [-0.2, -0.15) is 0 Å². The number of benzene rings is 1. The first-order chi connectivity index (χ1) is 6.08. The Morgan fingerprint density at radius 1 is 1.31 bits per heavy atom. The molecule has 0 atom stereocenters. The summed E-state index contributed by atoms with van der Waals surface area (Å²) in [6.07, 6.45) is 0. The minimum atomic E-state index is -0.543. The number of para-hydroxylation sites is 1. The van der Waals surface area contributed by atoms with Crippen molar-refractivity contribution in [3.63, 3.8) is 0 Å². The topological polar surface area (TPSA) is 47.6 Å². The zero-order valence-corrected chi connectivity index (χ0v) is 7.74. The Kier molecular flexibility index (Phi) is 1.55. The van der Waals surface area contributed by atoms with Crippen LogP contribution in [0.3, 0.4) is 0 Å². The summed E-state index contributed by atoms with van der Waals surface area (Å²) in [4.78, 5) is 4.23. The highest BCUT2D eigenvalue weighted by molar-refractivity contribution is 6.00. The average Bonchev–Trinajstić information content (AvgIpc) is 2.02. The number of rotatable bonds is 0. The summed E-state index contributed by atoms with van der Waals surface area (Å²) in [5.41, 5.74) is 6.13. The van der Waals surface area contributed by atoms with Crippen molar-refractivity contribution in [2.45, 2.75) is 19.6 Å². The SMILES string of the molecule is CC1(C)N=C(N)c2ccccc2O1. The highest BCUT2D eigenvalue weighted by atomic mass is 16.5. The second-order valence-electron chi connectivity index (χ2n) is 3.54. The van der Waals surface area contributed by atoms with Crippen LogP contribution in [0.15, 0.2) is 29.3 Å². The second-order valence-corrected chi connectivity index (χ2v) is 3.54. The van der Waals surface area contributed by atoms with Crippen molar-refractivity contribution in [2.24, 2.45) is 10.7 Å². The lowest BCUT2D eigenvalue weighted by Crippen LogP contribution is -2.34. The highest BCUT2D eigenvalue weighted by Crippen LogP contribution is 2.28. The number of fused-ring (bicyclic) bond motifs is 1. The standard InChI is InChI=1S/C10H12N2O/c1-10(2)12-9(11)7-5-3-4-6-8(7)13-10/h3-6H,1-2H3,(H2,11,12). The number of hydrogen-bond acceptors (Lipinski definition) is 3. The van der Waals surface area contributed by atoms with Gasteiger partial charge in [0, 0.05) is 0 Å². The van der Waals surface area contributed by atoms with E-state index in [0.29, 0.717) is 5.84 Å². The molecular formula is C10H12N2O. The minimum Gasteiger partial charge on any atom is -0.466 e. The van der Waals surface area contributed by atoms with E-state index in [4.69, 9.17) is 10.5 Å². The monoisotopic (exact) mass is 176 g/mol. The maximum atomic E-state index is 5.79. The van der Waals surface area contributed by atoms with E-state index in [-0.39, 0.29) is 0 Å². The van der Waals surface area contributed by atoms with Crippen LogP contribution in [0.5, 0.6) is 5.75 Å². The predicted octanol–water partition coefficient (Wildman–Crippen LogP) is 1.52. The fraction of sp³-hybridized carbons (Fsp3) is 0.300. The molecule has 13 heavy (non-hydrogen) atoms. The molecule has 0 saturated heterocycles. The van der Waals surface area contributed by atoms with Crippen LogP contribution < -0.4 is 10.5 Å². The van der Waals surface area contributed by atoms with Crippen LogP contribution in [-0.2, 0) is 0 Å². The van der Waals surface area contributed by atoms with E-state index in [1.54, 1.807) is 0 Å². The van der Waals surface area contributed by atoms with Crippen LogP contribution in [0, 0.1) is 0 Å². The molecule has 3 nitrogen and oxygen atoms in total. The van der Waals surface area contributed by atoms with Crippen molar-refractivity contribution < 1.29 is 4.74 Å². The fourth-order valence-electron chi connectivity index (χ4n) is 1.41.